The largest absolute Gasteiger partial charge is 0.423 e. The number of aryl methyl sites for hydroxylation is 1. The number of carbonyl (C=O) groups is 1. The first-order chi connectivity index (χ1) is 16.0. The normalized spacial score (nSPS) is 13.7. The predicted molar refractivity (Wildman–Crippen MR) is 120 cm³/mol. The minimum Gasteiger partial charge on any atom is -0.375 e. The van der Waals surface area contributed by atoms with E-state index in [9.17, 15) is 23.1 Å². The summed E-state index contributed by atoms with van der Waals surface area (Å²) in [6.07, 6.45) is -4.40. The molecule has 0 saturated carbocycles. The third kappa shape index (κ3) is 4.12. The summed E-state index contributed by atoms with van der Waals surface area (Å²) < 4.78 is 41.2. The van der Waals surface area contributed by atoms with Crippen molar-refractivity contribution in [2.24, 2.45) is 5.73 Å². The molecule has 1 amide bonds. The molecule has 1 unspecified atom stereocenters. The van der Waals surface area contributed by atoms with E-state index in [0.29, 0.717) is 11.1 Å². The molecule has 0 aliphatic rings. The number of fused-ring (bicyclic) bond motifs is 1. The predicted octanol–water partition coefficient (Wildman–Crippen LogP) is 4.11. The van der Waals surface area contributed by atoms with Crippen LogP contribution in [0.1, 0.15) is 40.7 Å². The lowest BCUT2D eigenvalue weighted by Crippen LogP contribution is -2.42. The molecule has 0 fully saturated rings. The number of benzene rings is 2. The highest BCUT2D eigenvalue weighted by atomic mass is 19.4. The highest BCUT2D eigenvalue weighted by Crippen LogP contribution is 2.40. The van der Waals surface area contributed by atoms with E-state index in [0.717, 1.165) is 28.3 Å². The van der Waals surface area contributed by atoms with Crippen LogP contribution < -0.4 is 5.73 Å². The summed E-state index contributed by atoms with van der Waals surface area (Å²) in [4.78, 5) is 16.3. The van der Waals surface area contributed by atoms with Gasteiger partial charge in [0.15, 0.2) is 0 Å². The first-order valence-corrected chi connectivity index (χ1v) is 10.5. The van der Waals surface area contributed by atoms with Crippen molar-refractivity contribution in [2.45, 2.75) is 38.6 Å². The van der Waals surface area contributed by atoms with Crippen LogP contribution in [0.3, 0.4) is 0 Å². The van der Waals surface area contributed by atoms with Gasteiger partial charge in [-0.05, 0) is 47.7 Å². The van der Waals surface area contributed by atoms with E-state index >= 15 is 0 Å². The van der Waals surface area contributed by atoms with E-state index in [1.807, 2.05) is 37.3 Å². The molecule has 4 aromatic rings. The van der Waals surface area contributed by atoms with Crippen molar-refractivity contribution in [1.82, 2.24) is 20.0 Å². The van der Waals surface area contributed by atoms with Gasteiger partial charge in [0.25, 0.3) is 5.91 Å². The molecule has 2 aromatic heterocycles. The van der Waals surface area contributed by atoms with Crippen molar-refractivity contribution in [1.29, 1.82) is 0 Å². The lowest BCUT2D eigenvalue weighted by molar-refractivity contribution is -0.269. The topological polar surface area (TPSA) is 107 Å². The molecule has 2 heterocycles. The summed E-state index contributed by atoms with van der Waals surface area (Å²) in [5, 5.41) is 18.2. The van der Waals surface area contributed by atoms with Gasteiger partial charge >= 0.3 is 6.18 Å². The van der Waals surface area contributed by atoms with E-state index < -0.39 is 29.8 Å². The van der Waals surface area contributed by atoms with Crippen molar-refractivity contribution in [2.75, 3.05) is 0 Å². The number of rotatable bonds is 6. The number of primary amides is 1. The van der Waals surface area contributed by atoms with Gasteiger partial charge in [0.05, 0.1) is 18.3 Å². The van der Waals surface area contributed by atoms with E-state index in [-0.39, 0.29) is 12.2 Å². The number of hydrogen-bond donors (Lipinski definition) is 2. The molecule has 0 saturated heterocycles. The van der Waals surface area contributed by atoms with E-state index in [2.05, 4.69) is 15.3 Å². The van der Waals surface area contributed by atoms with Gasteiger partial charge in [-0.25, -0.2) is 9.67 Å². The molecule has 1 atom stereocenters. The lowest BCUT2D eigenvalue weighted by atomic mass is 9.95. The van der Waals surface area contributed by atoms with Crippen LogP contribution in [0, 0.1) is 6.92 Å². The summed E-state index contributed by atoms with van der Waals surface area (Å²) in [6, 6.07) is 14.7. The fourth-order valence-electron chi connectivity index (χ4n) is 3.88. The Balaban J connectivity index is 1.75. The van der Waals surface area contributed by atoms with Crippen LogP contribution in [0.4, 0.5) is 13.2 Å². The van der Waals surface area contributed by atoms with E-state index in [1.54, 1.807) is 18.2 Å². The highest BCUT2D eigenvalue weighted by Gasteiger charge is 2.55. The first kappa shape index (κ1) is 23.4. The van der Waals surface area contributed by atoms with Crippen LogP contribution in [-0.4, -0.2) is 37.2 Å². The maximum atomic E-state index is 13.3. The standard InChI is InChI=1S/C24H22F3N5O2/c1-3-23(34,24(25,26)27)21-13-32(31-30-21)12-15-8-9-17-18(16-7-5-4-6-14(16)2)11-20(22(28)33)29-19(17)10-15/h4-11,13,34H,3,12H2,1-2H3,(H2,28,33). The van der Waals surface area contributed by atoms with Gasteiger partial charge in [-0.1, -0.05) is 48.5 Å². The number of alkyl halides is 3. The van der Waals surface area contributed by atoms with Gasteiger partial charge in [-0.3, -0.25) is 4.79 Å². The van der Waals surface area contributed by atoms with Gasteiger partial charge in [-0.15, -0.1) is 5.10 Å². The lowest BCUT2D eigenvalue weighted by Gasteiger charge is -2.26. The van der Waals surface area contributed by atoms with Crippen LogP contribution in [0.2, 0.25) is 0 Å². The van der Waals surface area contributed by atoms with Crippen LogP contribution in [0.25, 0.3) is 22.0 Å². The van der Waals surface area contributed by atoms with Crippen molar-refractivity contribution >= 4 is 16.8 Å². The molecule has 0 aliphatic heterocycles. The van der Waals surface area contributed by atoms with Crippen LogP contribution >= 0.6 is 0 Å². The molecule has 7 nitrogen and oxygen atoms in total. The minimum absolute atomic E-state index is 0.0861. The summed E-state index contributed by atoms with van der Waals surface area (Å²) in [5.41, 5.74) is 5.87. The third-order valence-corrected chi connectivity index (χ3v) is 5.85. The number of aromatic nitrogens is 4. The molecule has 2 aromatic carbocycles. The average molecular weight is 469 g/mol. The van der Waals surface area contributed by atoms with E-state index in [1.165, 1.54) is 11.6 Å². The maximum Gasteiger partial charge on any atom is 0.423 e. The molecule has 0 aliphatic carbocycles. The number of pyridine rings is 1. The zero-order valence-corrected chi connectivity index (χ0v) is 18.5. The molecule has 0 spiro atoms. The number of hydrogen-bond acceptors (Lipinski definition) is 5. The Kier molecular flexibility index (Phi) is 5.86. The van der Waals surface area contributed by atoms with Crippen LogP contribution in [0.15, 0.2) is 54.7 Å². The SMILES string of the molecule is CCC(O)(c1cn(Cc2ccc3c(-c4ccccc4C)cc(C(N)=O)nc3c2)nn1)C(F)(F)F. The quantitative estimate of drug-likeness (QED) is 0.442. The Morgan fingerprint density at radius 3 is 2.50 bits per heavy atom. The number of nitrogens with zero attached hydrogens (tertiary/aromatic N) is 4. The zero-order valence-electron chi connectivity index (χ0n) is 18.5. The van der Waals surface area contributed by atoms with Crippen LogP contribution in [0.5, 0.6) is 0 Å². The smallest absolute Gasteiger partial charge is 0.375 e. The Morgan fingerprint density at radius 1 is 1.12 bits per heavy atom. The molecule has 34 heavy (non-hydrogen) atoms. The molecule has 0 bridgehead atoms. The second-order valence-corrected chi connectivity index (χ2v) is 8.10. The molecule has 4 rings (SSSR count). The van der Waals surface area contributed by atoms with Gasteiger partial charge in [0.2, 0.25) is 5.60 Å². The monoisotopic (exact) mass is 469 g/mol. The molecule has 0 radical (unpaired) electrons. The number of nitrogens with two attached hydrogens (primary N) is 1. The zero-order chi connectivity index (χ0) is 24.7. The van der Waals surface area contributed by atoms with Crippen LogP contribution in [-0.2, 0) is 12.1 Å². The van der Waals surface area contributed by atoms with Crippen molar-refractivity contribution in [3.05, 3.63) is 77.2 Å². The summed E-state index contributed by atoms with van der Waals surface area (Å²) >= 11 is 0. The summed E-state index contributed by atoms with van der Waals surface area (Å²) in [7, 11) is 0. The molecular formula is C24H22F3N5O2. The summed E-state index contributed by atoms with van der Waals surface area (Å²) in [6.45, 7) is 3.27. The first-order valence-electron chi connectivity index (χ1n) is 10.5. The maximum absolute atomic E-state index is 13.3. The Labute approximate surface area is 193 Å². The van der Waals surface area contributed by atoms with Gasteiger partial charge < -0.3 is 10.8 Å². The highest BCUT2D eigenvalue weighted by molar-refractivity contribution is 6.01. The molecule has 3 N–H and O–H groups in total. The fraction of sp³-hybridized carbons (Fsp3) is 0.250. The number of amides is 1. The van der Waals surface area contributed by atoms with E-state index in [4.69, 9.17) is 5.73 Å². The van der Waals surface area contributed by atoms with Gasteiger partial charge in [0.1, 0.15) is 11.4 Å². The Bertz CT molecular complexity index is 1380. The second kappa shape index (κ2) is 8.53. The number of halogens is 3. The number of aliphatic hydroxyl groups is 1. The molecule has 10 heteroatoms. The van der Waals surface area contributed by atoms with Crippen molar-refractivity contribution in [3.63, 3.8) is 0 Å². The summed E-state index contributed by atoms with van der Waals surface area (Å²) in [5.74, 6) is -0.672. The third-order valence-electron chi connectivity index (χ3n) is 5.85. The number of carbonyl (C=O) groups excluding carboxylic acids is 1. The second-order valence-electron chi connectivity index (χ2n) is 8.10. The Morgan fingerprint density at radius 2 is 1.85 bits per heavy atom. The Hall–Kier alpha value is -3.79. The minimum atomic E-state index is -4.88. The van der Waals surface area contributed by atoms with Gasteiger partial charge in [0, 0.05) is 5.39 Å². The van der Waals surface area contributed by atoms with Crippen molar-refractivity contribution < 1.29 is 23.1 Å². The van der Waals surface area contributed by atoms with Crippen molar-refractivity contribution in [3.8, 4) is 11.1 Å². The molecular weight excluding hydrogens is 447 g/mol. The fourth-order valence-corrected chi connectivity index (χ4v) is 3.88. The molecule has 176 valence electrons. The van der Waals surface area contributed by atoms with Gasteiger partial charge in [-0.2, -0.15) is 13.2 Å². The average Bonchev–Trinajstić information content (AvgIpc) is 3.26.